The zero-order valence-electron chi connectivity index (χ0n) is 15.2. The van der Waals surface area contributed by atoms with Crippen LogP contribution in [0.4, 0.5) is 14.7 Å². The van der Waals surface area contributed by atoms with Crippen LogP contribution in [-0.4, -0.2) is 25.9 Å². The summed E-state index contributed by atoms with van der Waals surface area (Å²) in [6.45, 7) is -2.82. The van der Waals surface area contributed by atoms with Gasteiger partial charge in [-0.1, -0.05) is 15.9 Å². The molecule has 1 fully saturated rings. The Balaban J connectivity index is 1.75. The number of alkyl halides is 2. The van der Waals surface area contributed by atoms with Gasteiger partial charge in [-0.05, 0) is 43.0 Å². The number of nitrogens with one attached hydrogen (secondary N) is 1. The van der Waals surface area contributed by atoms with Crippen LogP contribution in [0.15, 0.2) is 39.7 Å². The van der Waals surface area contributed by atoms with Gasteiger partial charge in [0.15, 0.2) is 0 Å². The number of hydrogen-bond acceptors (Lipinski definition) is 5. The van der Waals surface area contributed by atoms with Crippen molar-refractivity contribution in [3.8, 4) is 17.1 Å². The Bertz CT molecular complexity index is 1090. The molecule has 1 aliphatic carbocycles. The molecule has 3 aromatic rings. The van der Waals surface area contributed by atoms with Crippen LogP contribution in [-0.2, 0) is 6.42 Å². The lowest BCUT2D eigenvalue weighted by Gasteiger charge is -2.27. The molecule has 1 aromatic carbocycles. The third kappa shape index (κ3) is 4.31. The van der Waals surface area contributed by atoms with Crippen LogP contribution in [0.1, 0.15) is 36.9 Å². The van der Waals surface area contributed by atoms with Crippen molar-refractivity contribution in [2.24, 2.45) is 0 Å². The van der Waals surface area contributed by atoms with E-state index < -0.39 is 12.1 Å². The van der Waals surface area contributed by atoms with Crippen LogP contribution in [0.25, 0.3) is 11.4 Å². The van der Waals surface area contributed by atoms with Gasteiger partial charge >= 0.3 is 6.55 Å². The molecule has 2 heterocycles. The average molecular weight is 466 g/mol. The molecule has 0 spiro atoms. The lowest BCUT2D eigenvalue weighted by molar-refractivity contribution is 0.0567. The normalized spacial score (nSPS) is 14.2. The van der Waals surface area contributed by atoms with E-state index in [9.17, 15) is 13.6 Å². The second-order valence-electron chi connectivity index (χ2n) is 6.88. The zero-order chi connectivity index (χ0) is 20.5. The molecule has 10 heteroatoms. The highest BCUT2D eigenvalue weighted by molar-refractivity contribution is 9.10. The number of anilines is 1. The first-order valence-corrected chi connectivity index (χ1v) is 9.87. The summed E-state index contributed by atoms with van der Waals surface area (Å²) in [5.41, 5.74) is 6.75. The maximum Gasteiger partial charge on any atom is 0.333 e. The number of aromatic amines is 1. The van der Waals surface area contributed by atoms with Gasteiger partial charge in [0.1, 0.15) is 17.1 Å². The largest absolute Gasteiger partial charge is 0.490 e. The second kappa shape index (κ2) is 7.94. The monoisotopic (exact) mass is 465 g/mol. The van der Waals surface area contributed by atoms with Crippen molar-refractivity contribution in [2.75, 3.05) is 5.73 Å². The predicted octanol–water partition coefficient (Wildman–Crippen LogP) is 3.90. The summed E-state index contributed by atoms with van der Waals surface area (Å²) in [6, 6.07) is 6.81. The molecule has 7 nitrogen and oxygen atoms in total. The van der Waals surface area contributed by atoms with E-state index in [4.69, 9.17) is 10.5 Å². The van der Waals surface area contributed by atoms with Crippen LogP contribution < -0.4 is 16.0 Å². The van der Waals surface area contributed by atoms with E-state index in [0.29, 0.717) is 16.0 Å². The number of benzene rings is 1. The van der Waals surface area contributed by atoms with Crippen LogP contribution in [0.5, 0.6) is 5.75 Å². The van der Waals surface area contributed by atoms with Gasteiger partial charge < -0.3 is 10.5 Å². The van der Waals surface area contributed by atoms with Gasteiger partial charge in [0.2, 0.25) is 5.95 Å². The van der Waals surface area contributed by atoms with Gasteiger partial charge in [0, 0.05) is 28.7 Å². The van der Waals surface area contributed by atoms with E-state index in [1.807, 2.05) is 18.2 Å². The highest BCUT2D eigenvalue weighted by Gasteiger charge is 2.22. The van der Waals surface area contributed by atoms with Crippen molar-refractivity contribution in [2.45, 2.75) is 38.3 Å². The Labute approximate surface area is 173 Å². The van der Waals surface area contributed by atoms with Crippen molar-refractivity contribution in [3.05, 3.63) is 56.4 Å². The van der Waals surface area contributed by atoms with Gasteiger partial charge in [-0.2, -0.15) is 13.9 Å². The average Bonchev–Trinajstić information content (AvgIpc) is 3.03. The smallest absolute Gasteiger partial charge is 0.333 e. The molecule has 0 unspecified atom stereocenters. The fourth-order valence-electron chi connectivity index (χ4n) is 3.15. The van der Waals surface area contributed by atoms with E-state index in [1.165, 1.54) is 12.3 Å². The van der Waals surface area contributed by atoms with Crippen LogP contribution in [0.3, 0.4) is 0 Å². The molecule has 1 aliphatic rings. The predicted molar refractivity (Wildman–Crippen MR) is 107 cm³/mol. The van der Waals surface area contributed by atoms with E-state index in [0.717, 1.165) is 29.3 Å². The third-order valence-electron chi connectivity index (χ3n) is 4.76. The maximum absolute atomic E-state index is 13.3. The number of halogens is 3. The molecular weight excluding hydrogens is 448 g/mol. The fourth-order valence-corrected chi connectivity index (χ4v) is 3.56. The standard InChI is InChI=1S/C19H18BrF2N5O2/c20-12-4-5-15(29-13-2-1-3-13)10(7-12)6-11-9-27(18(21)22)26-17(11)14-8-16(28)25-19(23)24-14/h4-5,7-9,13,18H,1-3,6H2,(H3,23,24,25,28). The maximum atomic E-state index is 13.3. The minimum absolute atomic E-state index is 0.110. The third-order valence-corrected chi connectivity index (χ3v) is 5.25. The molecule has 29 heavy (non-hydrogen) atoms. The summed E-state index contributed by atoms with van der Waals surface area (Å²) in [7, 11) is 0. The Morgan fingerprint density at radius 1 is 1.31 bits per heavy atom. The Morgan fingerprint density at radius 2 is 2.10 bits per heavy atom. The van der Waals surface area contributed by atoms with Gasteiger partial charge in [-0.25, -0.2) is 9.67 Å². The second-order valence-corrected chi connectivity index (χ2v) is 7.79. The van der Waals surface area contributed by atoms with Crippen LogP contribution in [0.2, 0.25) is 0 Å². The van der Waals surface area contributed by atoms with Crippen LogP contribution in [0, 0.1) is 0 Å². The SMILES string of the molecule is Nc1nc(-c2nn(C(F)F)cc2Cc2cc(Br)ccc2OC2CCC2)cc(=O)[nH]1. The minimum atomic E-state index is -2.82. The Morgan fingerprint density at radius 3 is 2.76 bits per heavy atom. The first kappa shape index (κ1) is 19.6. The molecule has 2 aromatic heterocycles. The number of nitrogens with zero attached hydrogens (tertiary/aromatic N) is 3. The van der Waals surface area contributed by atoms with E-state index in [1.54, 1.807) is 0 Å². The summed E-state index contributed by atoms with van der Waals surface area (Å²) in [4.78, 5) is 18.2. The van der Waals surface area contributed by atoms with Crippen molar-refractivity contribution >= 4 is 21.9 Å². The number of H-pyrrole nitrogens is 1. The van der Waals surface area contributed by atoms with Gasteiger partial charge in [-0.15, -0.1) is 0 Å². The quantitative estimate of drug-likeness (QED) is 0.575. The number of rotatable bonds is 6. The molecule has 0 aliphatic heterocycles. The molecule has 0 bridgehead atoms. The summed E-state index contributed by atoms with van der Waals surface area (Å²) < 4.78 is 34.0. The molecule has 0 amide bonds. The number of aromatic nitrogens is 4. The topological polar surface area (TPSA) is 98.8 Å². The number of ether oxygens (including phenoxy) is 1. The molecule has 0 saturated heterocycles. The highest BCUT2D eigenvalue weighted by atomic mass is 79.9. The molecule has 3 N–H and O–H groups in total. The highest BCUT2D eigenvalue weighted by Crippen LogP contribution is 2.33. The lowest BCUT2D eigenvalue weighted by Crippen LogP contribution is -2.25. The zero-order valence-corrected chi connectivity index (χ0v) is 16.8. The minimum Gasteiger partial charge on any atom is -0.490 e. The van der Waals surface area contributed by atoms with Crippen molar-refractivity contribution in [3.63, 3.8) is 0 Å². The first-order valence-electron chi connectivity index (χ1n) is 9.07. The van der Waals surface area contributed by atoms with Crippen molar-refractivity contribution < 1.29 is 13.5 Å². The summed E-state index contributed by atoms with van der Waals surface area (Å²) in [6.07, 6.45) is 4.84. The summed E-state index contributed by atoms with van der Waals surface area (Å²) >= 11 is 3.45. The molecular formula is C19H18BrF2N5O2. The van der Waals surface area contributed by atoms with Gasteiger partial charge in [0.25, 0.3) is 5.56 Å². The molecule has 152 valence electrons. The van der Waals surface area contributed by atoms with Gasteiger partial charge in [0.05, 0.1) is 6.10 Å². The molecule has 0 atom stereocenters. The number of nitrogen functional groups attached to an aromatic ring is 1. The first-order chi connectivity index (χ1) is 13.9. The summed E-state index contributed by atoms with van der Waals surface area (Å²) in [5.74, 6) is 0.591. The fraction of sp³-hybridized carbons (Fsp3) is 0.316. The van der Waals surface area contributed by atoms with E-state index >= 15 is 0 Å². The van der Waals surface area contributed by atoms with Gasteiger partial charge in [-0.3, -0.25) is 9.78 Å². The van der Waals surface area contributed by atoms with Crippen LogP contribution >= 0.6 is 15.9 Å². The summed E-state index contributed by atoms with van der Waals surface area (Å²) in [5, 5.41) is 3.94. The van der Waals surface area contributed by atoms with Crippen molar-refractivity contribution in [1.82, 2.24) is 19.7 Å². The number of hydrogen-bond donors (Lipinski definition) is 2. The van der Waals surface area contributed by atoms with E-state index in [-0.39, 0.29) is 29.9 Å². The number of nitrogens with two attached hydrogens (primary N) is 1. The molecule has 1 saturated carbocycles. The molecule has 0 radical (unpaired) electrons. The lowest BCUT2D eigenvalue weighted by atomic mass is 9.96. The molecule has 4 rings (SSSR count). The Kier molecular flexibility index (Phi) is 5.35. The Hall–Kier alpha value is -2.75. The van der Waals surface area contributed by atoms with E-state index in [2.05, 4.69) is 31.0 Å². The van der Waals surface area contributed by atoms with Crippen molar-refractivity contribution in [1.29, 1.82) is 0 Å².